The molecule has 0 bridgehead atoms. The van der Waals surface area contributed by atoms with E-state index < -0.39 is 0 Å². The Balaban J connectivity index is 2.13. The van der Waals surface area contributed by atoms with E-state index in [2.05, 4.69) is 10.1 Å². The maximum Gasteiger partial charge on any atom is 0.251 e. The van der Waals surface area contributed by atoms with Crippen LogP contribution in [0, 0.1) is 0 Å². The van der Waals surface area contributed by atoms with Gasteiger partial charge in [-0.1, -0.05) is 35.0 Å². The Morgan fingerprint density at radius 3 is 2.25 bits per heavy atom. The van der Waals surface area contributed by atoms with Crippen molar-refractivity contribution in [1.82, 2.24) is 0 Å². The summed E-state index contributed by atoms with van der Waals surface area (Å²) in [5, 5.41) is 4.53. The van der Waals surface area contributed by atoms with Gasteiger partial charge in [0.1, 0.15) is 0 Å². The molecule has 0 fully saturated rings. The molecule has 2 aromatic rings. The van der Waals surface area contributed by atoms with Gasteiger partial charge in [-0.05, 0) is 36.4 Å². The van der Waals surface area contributed by atoms with Gasteiger partial charge in [-0.25, -0.2) is 0 Å². The van der Waals surface area contributed by atoms with Crippen molar-refractivity contribution in [2.75, 3.05) is 7.05 Å². The van der Waals surface area contributed by atoms with E-state index in [4.69, 9.17) is 22.2 Å². The summed E-state index contributed by atoms with van der Waals surface area (Å²) in [6, 6.07) is 16.5. The van der Waals surface area contributed by atoms with E-state index in [9.17, 15) is 0 Å². The van der Waals surface area contributed by atoms with Crippen LogP contribution in [0.4, 0.5) is 0 Å². The lowest BCUT2D eigenvalue weighted by molar-refractivity contribution is 0.328. The Hall–Kier alpha value is -2.33. The molecule has 0 aromatic heterocycles. The van der Waals surface area contributed by atoms with Crippen LogP contribution in [0.5, 0.6) is 0 Å². The lowest BCUT2D eigenvalue weighted by Crippen LogP contribution is -2.15. The number of rotatable bonds is 3. The second-order valence-corrected chi connectivity index (χ2v) is 4.41. The maximum absolute atomic E-state index is 5.85. The number of aliphatic imine (C=N–C) groups is 1. The highest BCUT2D eigenvalue weighted by Crippen LogP contribution is 2.09. The van der Waals surface area contributed by atoms with Crippen molar-refractivity contribution in [1.29, 1.82) is 0 Å². The zero-order chi connectivity index (χ0) is 14.4. The summed E-state index contributed by atoms with van der Waals surface area (Å²) in [5.74, 6) is 0.668. The molecule has 2 rings (SSSR count). The van der Waals surface area contributed by atoms with Crippen molar-refractivity contribution in [2.45, 2.75) is 0 Å². The molecule has 0 unspecified atom stereocenters. The molecule has 20 heavy (non-hydrogen) atoms. The minimum atomic E-state index is 0.263. The summed E-state index contributed by atoms with van der Waals surface area (Å²) in [5.41, 5.74) is 7.42. The topological polar surface area (TPSA) is 60.0 Å². The highest BCUT2D eigenvalue weighted by Gasteiger charge is 2.04. The average molecular weight is 288 g/mol. The minimum absolute atomic E-state index is 0.263. The summed E-state index contributed by atoms with van der Waals surface area (Å²) >= 11 is 5.82. The Morgan fingerprint density at radius 1 is 1.00 bits per heavy atom. The first-order chi connectivity index (χ1) is 9.70. The average Bonchev–Trinajstić information content (AvgIpc) is 2.49. The molecule has 0 aliphatic carbocycles. The van der Waals surface area contributed by atoms with E-state index in [0.29, 0.717) is 10.9 Å². The van der Waals surface area contributed by atoms with E-state index in [-0.39, 0.29) is 5.84 Å². The lowest BCUT2D eigenvalue weighted by Gasteiger charge is -2.04. The summed E-state index contributed by atoms with van der Waals surface area (Å²) in [6.07, 6.45) is 0. The molecule has 102 valence electrons. The van der Waals surface area contributed by atoms with Crippen molar-refractivity contribution in [3.8, 4) is 0 Å². The fraction of sp³-hybridized carbons (Fsp3) is 0.0667. The standard InChI is InChI=1S/C15H14ClN3O/c1-18-15(12-5-3-2-4-6-12)20-19-14(17)11-7-9-13(16)10-8-11/h2-10H,1H3,(H2,17,19). The normalized spacial score (nSPS) is 12.3. The molecule has 0 spiro atoms. The second kappa shape index (κ2) is 6.73. The molecule has 2 aromatic carbocycles. The fourth-order valence-corrected chi connectivity index (χ4v) is 1.70. The van der Waals surface area contributed by atoms with Crippen molar-refractivity contribution in [3.05, 3.63) is 70.7 Å². The van der Waals surface area contributed by atoms with Gasteiger partial charge >= 0.3 is 0 Å². The van der Waals surface area contributed by atoms with Crippen molar-refractivity contribution >= 4 is 23.3 Å². The van der Waals surface area contributed by atoms with Gasteiger partial charge in [0.2, 0.25) is 0 Å². The molecule has 0 heterocycles. The number of nitrogens with zero attached hydrogens (tertiary/aromatic N) is 2. The van der Waals surface area contributed by atoms with Gasteiger partial charge in [0.15, 0.2) is 5.84 Å². The van der Waals surface area contributed by atoms with Crippen LogP contribution in [-0.2, 0) is 4.84 Å². The van der Waals surface area contributed by atoms with Crippen LogP contribution in [0.1, 0.15) is 11.1 Å². The lowest BCUT2D eigenvalue weighted by atomic mass is 10.2. The van der Waals surface area contributed by atoms with Crippen LogP contribution in [0.15, 0.2) is 64.7 Å². The quantitative estimate of drug-likeness (QED) is 0.536. The summed E-state index contributed by atoms with van der Waals surface area (Å²) in [6.45, 7) is 0. The smallest absolute Gasteiger partial charge is 0.251 e. The molecule has 0 radical (unpaired) electrons. The van der Waals surface area contributed by atoms with Crippen LogP contribution in [0.3, 0.4) is 0 Å². The SMILES string of the molecule is CN=C(O/N=C(\N)c1ccc(Cl)cc1)c1ccccc1. The van der Waals surface area contributed by atoms with Gasteiger partial charge < -0.3 is 10.6 Å². The molecule has 4 nitrogen and oxygen atoms in total. The van der Waals surface area contributed by atoms with Gasteiger partial charge in [0, 0.05) is 23.2 Å². The van der Waals surface area contributed by atoms with E-state index in [0.717, 1.165) is 11.1 Å². The third kappa shape index (κ3) is 3.59. The van der Waals surface area contributed by atoms with Gasteiger partial charge in [-0.15, -0.1) is 0 Å². The predicted molar refractivity (Wildman–Crippen MR) is 82.2 cm³/mol. The first-order valence-electron chi connectivity index (χ1n) is 5.99. The van der Waals surface area contributed by atoms with Gasteiger partial charge in [-0.2, -0.15) is 0 Å². The molecule has 2 N–H and O–H groups in total. The number of amidine groups is 1. The van der Waals surface area contributed by atoms with E-state index >= 15 is 0 Å². The zero-order valence-corrected chi connectivity index (χ0v) is 11.7. The maximum atomic E-state index is 5.85. The molecule has 0 aliphatic rings. The Labute approximate surface area is 122 Å². The number of hydrogen-bond acceptors (Lipinski definition) is 3. The third-order valence-corrected chi connectivity index (χ3v) is 2.85. The molecule has 5 heteroatoms. The highest BCUT2D eigenvalue weighted by atomic mass is 35.5. The monoisotopic (exact) mass is 287 g/mol. The Bertz CT molecular complexity index is 621. The fourth-order valence-electron chi connectivity index (χ4n) is 1.57. The number of nitrogens with two attached hydrogens (primary N) is 1. The van der Waals surface area contributed by atoms with Crippen LogP contribution in [0.2, 0.25) is 5.02 Å². The summed E-state index contributed by atoms with van der Waals surface area (Å²) in [4.78, 5) is 9.35. The number of halogens is 1. The third-order valence-electron chi connectivity index (χ3n) is 2.59. The van der Waals surface area contributed by atoms with Crippen LogP contribution < -0.4 is 5.73 Å². The molecule has 0 aliphatic heterocycles. The Morgan fingerprint density at radius 2 is 1.65 bits per heavy atom. The van der Waals surface area contributed by atoms with E-state index in [1.54, 1.807) is 31.3 Å². The molecular formula is C15H14ClN3O. The molecule has 0 amide bonds. The molecule has 0 saturated heterocycles. The summed E-state index contributed by atoms with van der Waals surface area (Å²) < 4.78 is 0. The molecular weight excluding hydrogens is 274 g/mol. The predicted octanol–water partition coefficient (Wildman–Crippen LogP) is 3.05. The first kappa shape index (κ1) is 14.1. The second-order valence-electron chi connectivity index (χ2n) is 3.97. The van der Waals surface area contributed by atoms with Crippen LogP contribution in [-0.4, -0.2) is 18.8 Å². The van der Waals surface area contributed by atoms with Crippen molar-refractivity contribution < 1.29 is 4.84 Å². The van der Waals surface area contributed by atoms with Crippen molar-refractivity contribution in [3.63, 3.8) is 0 Å². The zero-order valence-electron chi connectivity index (χ0n) is 11.0. The number of benzene rings is 2. The van der Waals surface area contributed by atoms with E-state index in [1.807, 2.05) is 30.3 Å². The van der Waals surface area contributed by atoms with Gasteiger partial charge in [0.05, 0.1) is 0 Å². The minimum Gasteiger partial charge on any atom is -0.380 e. The number of hydrogen-bond donors (Lipinski definition) is 1. The Kier molecular flexibility index (Phi) is 4.74. The van der Waals surface area contributed by atoms with Crippen LogP contribution in [0.25, 0.3) is 0 Å². The largest absolute Gasteiger partial charge is 0.380 e. The number of oxime groups is 1. The molecule has 0 saturated carbocycles. The highest BCUT2D eigenvalue weighted by molar-refractivity contribution is 6.30. The van der Waals surface area contributed by atoms with Gasteiger partial charge in [0.25, 0.3) is 5.90 Å². The first-order valence-corrected chi connectivity index (χ1v) is 6.37. The van der Waals surface area contributed by atoms with Crippen LogP contribution >= 0.6 is 11.6 Å². The summed E-state index contributed by atoms with van der Waals surface area (Å²) in [7, 11) is 1.64. The van der Waals surface area contributed by atoms with Crippen molar-refractivity contribution in [2.24, 2.45) is 15.9 Å². The van der Waals surface area contributed by atoms with Gasteiger partial charge in [-0.3, -0.25) is 4.99 Å². The molecule has 0 atom stereocenters. The van der Waals surface area contributed by atoms with E-state index in [1.165, 1.54) is 0 Å².